The molecule has 7 nitrogen and oxygen atoms in total. The molecule has 3 aromatic rings. The number of nitrogens with zero attached hydrogens (tertiary/aromatic N) is 6. The zero-order chi connectivity index (χ0) is 20.0. The molecule has 1 saturated heterocycles. The lowest BCUT2D eigenvalue weighted by atomic mass is 9.83. The van der Waals surface area contributed by atoms with E-state index < -0.39 is 0 Å². The van der Waals surface area contributed by atoms with Gasteiger partial charge in [0.1, 0.15) is 5.60 Å². The third-order valence-electron chi connectivity index (χ3n) is 6.16. The molecular formula is C22H26N6O. The summed E-state index contributed by atoms with van der Waals surface area (Å²) < 4.78 is 6.39. The highest BCUT2D eigenvalue weighted by atomic mass is 16.5. The molecule has 0 N–H and O–H groups in total. The van der Waals surface area contributed by atoms with Crippen LogP contribution in [0.2, 0.25) is 0 Å². The standard InChI is InChI=1S/C22H26N6O/c1-15-17-6-4-5-7-18(17)20(26-25-15)28-11-9-22(10-12-28)19-16(8-13-29-22)14-23-21(24-19)27(2)3/h4-7,14H,8-13H2,1-3H3. The number of piperidine rings is 1. The van der Waals surface area contributed by atoms with Crippen molar-refractivity contribution < 1.29 is 4.74 Å². The van der Waals surface area contributed by atoms with Gasteiger partial charge >= 0.3 is 0 Å². The average molecular weight is 390 g/mol. The first-order chi connectivity index (χ1) is 14.1. The zero-order valence-corrected chi connectivity index (χ0v) is 17.2. The van der Waals surface area contributed by atoms with Crippen molar-refractivity contribution in [3.63, 3.8) is 0 Å². The van der Waals surface area contributed by atoms with Crippen LogP contribution in [0, 0.1) is 6.92 Å². The van der Waals surface area contributed by atoms with E-state index in [2.05, 4.69) is 44.3 Å². The Balaban J connectivity index is 1.46. The Morgan fingerprint density at radius 1 is 1.07 bits per heavy atom. The third kappa shape index (κ3) is 3.00. The van der Waals surface area contributed by atoms with E-state index in [0.717, 1.165) is 67.5 Å². The lowest BCUT2D eigenvalue weighted by molar-refractivity contribution is -0.0801. The second kappa shape index (κ2) is 6.91. The summed E-state index contributed by atoms with van der Waals surface area (Å²) in [6.45, 7) is 4.47. The first-order valence-corrected chi connectivity index (χ1v) is 10.2. The van der Waals surface area contributed by atoms with Crippen LogP contribution in [0.3, 0.4) is 0 Å². The van der Waals surface area contributed by atoms with E-state index in [-0.39, 0.29) is 5.60 Å². The fraction of sp³-hybridized carbons (Fsp3) is 0.455. The predicted molar refractivity (Wildman–Crippen MR) is 113 cm³/mol. The van der Waals surface area contributed by atoms with Gasteiger partial charge in [0.2, 0.25) is 5.95 Å². The summed E-state index contributed by atoms with van der Waals surface area (Å²) in [6, 6.07) is 8.38. The predicted octanol–water partition coefficient (Wildman–Crippen LogP) is 2.86. The highest BCUT2D eigenvalue weighted by Crippen LogP contribution is 2.42. The van der Waals surface area contributed by atoms with Gasteiger partial charge in [0.25, 0.3) is 0 Å². The molecule has 1 aromatic carbocycles. The number of hydrogen-bond acceptors (Lipinski definition) is 7. The monoisotopic (exact) mass is 390 g/mol. The van der Waals surface area contributed by atoms with Gasteiger partial charge in [0, 0.05) is 44.2 Å². The molecule has 0 bridgehead atoms. The summed E-state index contributed by atoms with van der Waals surface area (Å²) in [7, 11) is 3.95. The van der Waals surface area contributed by atoms with E-state index in [1.165, 1.54) is 10.9 Å². The molecule has 1 fully saturated rings. The molecule has 7 heteroatoms. The Morgan fingerprint density at radius 2 is 1.83 bits per heavy atom. The lowest BCUT2D eigenvalue weighted by Crippen LogP contribution is -2.47. The Morgan fingerprint density at radius 3 is 2.59 bits per heavy atom. The lowest BCUT2D eigenvalue weighted by Gasteiger charge is -2.44. The molecule has 150 valence electrons. The molecule has 5 rings (SSSR count). The van der Waals surface area contributed by atoms with Crippen molar-refractivity contribution in [1.82, 2.24) is 20.2 Å². The number of hydrogen-bond donors (Lipinski definition) is 0. The Hall–Kier alpha value is -2.80. The maximum atomic E-state index is 6.39. The molecule has 2 aromatic heterocycles. The Kier molecular flexibility index (Phi) is 4.35. The summed E-state index contributed by atoms with van der Waals surface area (Å²) in [5.74, 6) is 1.71. The van der Waals surface area contributed by atoms with E-state index in [4.69, 9.17) is 9.72 Å². The van der Waals surface area contributed by atoms with Gasteiger partial charge < -0.3 is 14.5 Å². The number of anilines is 2. The fourth-order valence-corrected chi connectivity index (χ4v) is 4.53. The molecule has 0 aliphatic carbocycles. The van der Waals surface area contributed by atoms with Gasteiger partial charge in [-0.2, -0.15) is 5.10 Å². The van der Waals surface area contributed by atoms with E-state index in [1.807, 2.05) is 32.1 Å². The van der Waals surface area contributed by atoms with E-state index in [9.17, 15) is 0 Å². The maximum absolute atomic E-state index is 6.39. The van der Waals surface area contributed by atoms with Crippen molar-refractivity contribution in [2.75, 3.05) is 43.6 Å². The third-order valence-corrected chi connectivity index (χ3v) is 6.16. The molecule has 0 unspecified atom stereocenters. The summed E-state index contributed by atoms with van der Waals surface area (Å²) >= 11 is 0. The Bertz CT molecular complexity index is 1060. The SMILES string of the molecule is Cc1nnc(N2CCC3(CC2)OCCc2cnc(N(C)C)nc23)c2ccccc12. The number of aromatic nitrogens is 4. The van der Waals surface area contributed by atoms with Gasteiger partial charge in [-0.05, 0) is 31.7 Å². The maximum Gasteiger partial charge on any atom is 0.225 e. The van der Waals surface area contributed by atoms with Crippen molar-refractivity contribution in [2.45, 2.75) is 31.8 Å². The normalized spacial score (nSPS) is 18.1. The second-order valence-electron chi connectivity index (χ2n) is 8.17. The van der Waals surface area contributed by atoms with Crippen LogP contribution in [0.5, 0.6) is 0 Å². The highest BCUT2D eigenvalue weighted by molar-refractivity contribution is 5.93. The van der Waals surface area contributed by atoms with Crippen LogP contribution in [0.15, 0.2) is 30.5 Å². The van der Waals surface area contributed by atoms with Gasteiger partial charge in [-0.15, -0.1) is 5.10 Å². The van der Waals surface area contributed by atoms with Gasteiger partial charge in [-0.3, -0.25) is 0 Å². The summed E-state index contributed by atoms with van der Waals surface area (Å²) in [6.07, 6.45) is 4.62. The van der Waals surface area contributed by atoms with Crippen LogP contribution in [-0.4, -0.2) is 54.0 Å². The van der Waals surface area contributed by atoms with Crippen molar-refractivity contribution in [3.05, 3.63) is 47.4 Å². The zero-order valence-electron chi connectivity index (χ0n) is 17.2. The summed E-state index contributed by atoms with van der Waals surface area (Å²) in [5.41, 5.74) is 2.93. The molecule has 0 amide bonds. The van der Waals surface area contributed by atoms with Crippen molar-refractivity contribution in [1.29, 1.82) is 0 Å². The molecule has 4 heterocycles. The average Bonchev–Trinajstić information content (AvgIpc) is 2.75. The minimum absolute atomic E-state index is 0.328. The van der Waals surface area contributed by atoms with Crippen LogP contribution in [-0.2, 0) is 16.8 Å². The summed E-state index contributed by atoms with van der Waals surface area (Å²) in [5, 5.41) is 11.3. The van der Waals surface area contributed by atoms with Crippen LogP contribution in [0.4, 0.5) is 11.8 Å². The summed E-state index contributed by atoms with van der Waals surface area (Å²) in [4.78, 5) is 13.7. The number of benzene rings is 1. The van der Waals surface area contributed by atoms with Crippen molar-refractivity contribution >= 4 is 22.5 Å². The molecule has 2 aliphatic heterocycles. The smallest absolute Gasteiger partial charge is 0.225 e. The van der Waals surface area contributed by atoms with E-state index >= 15 is 0 Å². The molecule has 29 heavy (non-hydrogen) atoms. The molecule has 2 aliphatic rings. The molecular weight excluding hydrogens is 364 g/mol. The number of rotatable bonds is 2. The highest BCUT2D eigenvalue weighted by Gasteiger charge is 2.43. The van der Waals surface area contributed by atoms with Crippen molar-refractivity contribution in [2.24, 2.45) is 0 Å². The number of fused-ring (bicyclic) bond motifs is 3. The Labute approximate surface area is 170 Å². The van der Waals surface area contributed by atoms with Gasteiger partial charge in [0.15, 0.2) is 5.82 Å². The van der Waals surface area contributed by atoms with Crippen molar-refractivity contribution in [3.8, 4) is 0 Å². The molecule has 1 spiro atoms. The van der Waals surface area contributed by atoms with Crippen LogP contribution in [0.25, 0.3) is 10.8 Å². The van der Waals surface area contributed by atoms with Gasteiger partial charge in [-0.25, -0.2) is 9.97 Å². The van der Waals surface area contributed by atoms with Crippen LogP contribution < -0.4 is 9.80 Å². The van der Waals surface area contributed by atoms with E-state index in [0.29, 0.717) is 0 Å². The first kappa shape index (κ1) is 18.2. The fourth-order valence-electron chi connectivity index (χ4n) is 4.53. The molecule has 0 radical (unpaired) electrons. The second-order valence-corrected chi connectivity index (χ2v) is 8.17. The number of ether oxygens (including phenoxy) is 1. The van der Waals surface area contributed by atoms with E-state index in [1.54, 1.807) is 0 Å². The van der Waals surface area contributed by atoms with Gasteiger partial charge in [0.05, 0.1) is 18.0 Å². The quantitative estimate of drug-likeness (QED) is 0.666. The van der Waals surface area contributed by atoms with Gasteiger partial charge in [-0.1, -0.05) is 24.3 Å². The first-order valence-electron chi connectivity index (χ1n) is 10.2. The van der Waals surface area contributed by atoms with Crippen LogP contribution >= 0.6 is 0 Å². The minimum Gasteiger partial charge on any atom is -0.368 e. The largest absolute Gasteiger partial charge is 0.368 e. The van der Waals surface area contributed by atoms with Crippen LogP contribution in [0.1, 0.15) is 29.8 Å². The minimum atomic E-state index is -0.328. The molecule has 0 atom stereocenters. The number of aryl methyl sites for hydroxylation is 1. The molecule has 0 saturated carbocycles. The topological polar surface area (TPSA) is 67.3 Å².